The van der Waals surface area contributed by atoms with E-state index in [1.165, 1.54) is 0 Å². The van der Waals surface area contributed by atoms with Gasteiger partial charge >= 0.3 is 0 Å². The van der Waals surface area contributed by atoms with Crippen molar-refractivity contribution in [3.63, 3.8) is 0 Å². The fourth-order valence-corrected chi connectivity index (χ4v) is 2.34. The number of carbonyl (C=O) groups is 1. The van der Waals surface area contributed by atoms with E-state index in [2.05, 4.69) is 20.9 Å². The van der Waals surface area contributed by atoms with E-state index in [0.29, 0.717) is 18.1 Å². The van der Waals surface area contributed by atoms with E-state index in [4.69, 9.17) is 4.74 Å². The number of pyridine rings is 1. The van der Waals surface area contributed by atoms with Crippen LogP contribution < -0.4 is 4.74 Å². The van der Waals surface area contributed by atoms with Crippen LogP contribution in [0.5, 0.6) is 5.75 Å². The van der Waals surface area contributed by atoms with Crippen molar-refractivity contribution in [2.75, 3.05) is 0 Å². The summed E-state index contributed by atoms with van der Waals surface area (Å²) in [6.07, 6.45) is 2.63. The van der Waals surface area contributed by atoms with E-state index in [0.717, 1.165) is 22.0 Å². The third-order valence-corrected chi connectivity index (χ3v) is 3.39. The van der Waals surface area contributed by atoms with E-state index in [9.17, 15) is 4.79 Å². The SMILES string of the molecule is O=Cc1nc(COc2ccccc2)n2cc(Br)ccc12. The van der Waals surface area contributed by atoms with Gasteiger partial charge in [0.1, 0.15) is 18.1 Å². The number of ether oxygens (including phenoxy) is 1. The minimum atomic E-state index is 0.301. The van der Waals surface area contributed by atoms with Gasteiger partial charge in [-0.3, -0.25) is 9.20 Å². The summed E-state index contributed by atoms with van der Waals surface area (Å²) in [6, 6.07) is 13.2. The molecule has 0 N–H and O–H groups in total. The summed E-state index contributed by atoms with van der Waals surface area (Å²) in [4.78, 5) is 15.4. The van der Waals surface area contributed by atoms with Gasteiger partial charge in [-0.05, 0) is 40.2 Å². The van der Waals surface area contributed by atoms with Crippen LogP contribution >= 0.6 is 15.9 Å². The number of hydrogen-bond acceptors (Lipinski definition) is 3. The second-order valence-corrected chi connectivity index (χ2v) is 5.15. The Labute approximate surface area is 124 Å². The van der Waals surface area contributed by atoms with Crippen LogP contribution in [-0.2, 0) is 6.61 Å². The van der Waals surface area contributed by atoms with Crippen molar-refractivity contribution in [3.05, 3.63) is 64.7 Å². The first-order chi connectivity index (χ1) is 9.78. The average Bonchev–Trinajstić information content (AvgIpc) is 2.83. The Morgan fingerprint density at radius 2 is 2.00 bits per heavy atom. The molecule has 0 fully saturated rings. The van der Waals surface area contributed by atoms with Crippen LogP contribution in [0.1, 0.15) is 16.3 Å². The molecule has 1 aromatic carbocycles. The average molecular weight is 331 g/mol. The summed E-state index contributed by atoms with van der Waals surface area (Å²) in [6.45, 7) is 0.301. The molecule has 4 nitrogen and oxygen atoms in total. The first kappa shape index (κ1) is 12.9. The van der Waals surface area contributed by atoms with Gasteiger partial charge in [-0.15, -0.1) is 0 Å². The first-order valence-electron chi connectivity index (χ1n) is 6.07. The summed E-state index contributed by atoms with van der Waals surface area (Å²) in [5.41, 5.74) is 1.19. The van der Waals surface area contributed by atoms with E-state index in [1.807, 2.05) is 53.1 Å². The molecular formula is C15H11BrN2O2. The lowest BCUT2D eigenvalue weighted by Gasteiger charge is -2.05. The third kappa shape index (κ3) is 2.44. The van der Waals surface area contributed by atoms with Crippen molar-refractivity contribution in [2.24, 2.45) is 0 Å². The first-order valence-corrected chi connectivity index (χ1v) is 6.87. The third-order valence-electron chi connectivity index (χ3n) is 2.93. The summed E-state index contributed by atoms with van der Waals surface area (Å²) in [7, 11) is 0. The van der Waals surface area contributed by atoms with Gasteiger partial charge in [-0.1, -0.05) is 18.2 Å². The van der Waals surface area contributed by atoms with Gasteiger partial charge in [0.25, 0.3) is 0 Å². The van der Waals surface area contributed by atoms with Crippen LogP contribution in [0.25, 0.3) is 5.52 Å². The van der Waals surface area contributed by atoms with Gasteiger partial charge < -0.3 is 4.74 Å². The Balaban J connectivity index is 1.95. The zero-order chi connectivity index (χ0) is 13.9. The number of rotatable bonds is 4. The molecule has 3 rings (SSSR count). The highest BCUT2D eigenvalue weighted by molar-refractivity contribution is 9.10. The molecule has 0 saturated heterocycles. The van der Waals surface area contributed by atoms with Crippen molar-refractivity contribution in [1.82, 2.24) is 9.38 Å². The molecule has 3 aromatic rings. The standard InChI is InChI=1S/C15H11BrN2O2/c16-11-6-7-14-13(9-19)17-15(18(14)8-11)10-20-12-4-2-1-3-5-12/h1-9H,10H2. The van der Waals surface area contributed by atoms with Gasteiger partial charge in [0.15, 0.2) is 12.1 Å². The second-order valence-electron chi connectivity index (χ2n) is 4.24. The maximum atomic E-state index is 11.1. The number of aromatic nitrogens is 2. The Kier molecular flexibility index (Phi) is 3.52. The predicted molar refractivity (Wildman–Crippen MR) is 79.1 cm³/mol. The molecule has 5 heteroatoms. The number of hydrogen-bond donors (Lipinski definition) is 0. The number of aldehydes is 1. The van der Waals surface area contributed by atoms with Crippen LogP contribution in [0.15, 0.2) is 53.1 Å². The zero-order valence-corrected chi connectivity index (χ0v) is 12.1. The molecule has 0 saturated carbocycles. The second kappa shape index (κ2) is 5.46. The van der Waals surface area contributed by atoms with E-state index >= 15 is 0 Å². The van der Waals surface area contributed by atoms with Gasteiger partial charge in [-0.25, -0.2) is 4.98 Å². The number of benzene rings is 1. The van der Waals surface area contributed by atoms with Crippen LogP contribution in [0.4, 0.5) is 0 Å². The lowest BCUT2D eigenvalue weighted by atomic mass is 10.3. The number of nitrogens with zero attached hydrogens (tertiary/aromatic N) is 2. The molecule has 0 atom stereocenters. The minimum absolute atomic E-state index is 0.301. The highest BCUT2D eigenvalue weighted by atomic mass is 79.9. The molecule has 20 heavy (non-hydrogen) atoms. The quantitative estimate of drug-likeness (QED) is 0.688. The normalized spacial score (nSPS) is 10.7. The van der Waals surface area contributed by atoms with E-state index in [1.54, 1.807) is 0 Å². The Morgan fingerprint density at radius 3 is 2.75 bits per heavy atom. The molecule has 0 radical (unpaired) electrons. The molecule has 0 aliphatic rings. The van der Waals surface area contributed by atoms with Gasteiger partial charge in [0.05, 0.1) is 5.52 Å². The highest BCUT2D eigenvalue weighted by Gasteiger charge is 2.11. The summed E-state index contributed by atoms with van der Waals surface area (Å²) < 4.78 is 8.46. The lowest BCUT2D eigenvalue weighted by Crippen LogP contribution is -2.01. The van der Waals surface area contributed by atoms with Crippen LogP contribution in [0.3, 0.4) is 0 Å². The molecule has 2 heterocycles. The molecule has 0 aliphatic heterocycles. The topological polar surface area (TPSA) is 43.6 Å². The smallest absolute Gasteiger partial charge is 0.170 e. The van der Waals surface area contributed by atoms with E-state index in [-0.39, 0.29) is 0 Å². The van der Waals surface area contributed by atoms with Gasteiger partial charge in [-0.2, -0.15) is 0 Å². The fourth-order valence-electron chi connectivity index (χ4n) is 2.00. The van der Waals surface area contributed by atoms with Crippen molar-refractivity contribution >= 4 is 27.7 Å². The van der Waals surface area contributed by atoms with Crippen molar-refractivity contribution in [3.8, 4) is 5.75 Å². The van der Waals surface area contributed by atoms with Crippen LogP contribution in [-0.4, -0.2) is 15.7 Å². The molecule has 0 bridgehead atoms. The van der Waals surface area contributed by atoms with Gasteiger partial charge in [0.2, 0.25) is 0 Å². The number of para-hydroxylation sites is 1. The highest BCUT2D eigenvalue weighted by Crippen LogP contribution is 2.18. The Morgan fingerprint density at radius 1 is 1.20 bits per heavy atom. The van der Waals surface area contributed by atoms with Gasteiger partial charge in [0, 0.05) is 10.7 Å². The maximum Gasteiger partial charge on any atom is 0.170 e. The lowest BCUT2D eigenvalue weighted by molar-refractivity contribution is 0.112. The zero-order valence-electron chi connectivity index (χ0n) is 10.5. The maximum absolute atomic E-state index is 11.1. The summed E-state index contributed by atoms with van der Waals surface area (Å²) in [5.74, 6) is 1.46. The number of carbonyl (C=O) groups excluding carboxylic acids is 1. The predicted octanol–water partition coefficient (Wildman–Crippen LogP) is 3.49. The van der Waals surface area contributed by atoms with Crippen molar-refractivity contribution in [2.45, 2.75) is 6.61 Å². The number of halogens is 1. The Bertz CT molecular complexity index is 753. The van der Waals surface area contributed by atoms with Crippen LogP contribution in [0.2, 0.25) is 0 Å². The fraction of sp³-hybridized carbons (Fsp3) is 0.0667. The monoisotopic (exact) mass is 330 g/mol. The molecule has 2 aromatic heterocycles. The summed E-state index contributed by atoms with van der Waals surface area (Å²) in [5, 5.41) is 0. The van der Waals surface area contributed by atoms with Crippen molar-refractivity contribution in [1.29, 1.82) is 0 Å². The molecule has 100 valence electrons. The molecule has 0 spiro atoms. The molecule has 0 aliphatic carbocycles. The minimum Gasteiger partial charge on any atom is -0.486 e. The molecule has 0 amide bonds. The molecule has 0 unspecified atom stereocenters. The molecular weight excluding hydrogens is 320 g/mol. The van der Waals surface area contributed by atoms with Crippen LogP contribution in [0, 0.1) is 0 Å². The number of imidazole rings is 1. The largest absolute Gasteiger partial charge is 0.486 e. The summed E-state index contributed by atoms with van der Waals surface area (Å²) >= 11 is 3.42. The van der Waals surface area contributed by atoms with E-state index < -0.39 is 0 Å². The Hall–Kier alpha value is -2.14. The number of fused-ring (bicyclic) bond motifs is 1. The van der Waals surface area contributed by atoms with Crippen molar-refractivity contribution < 1.29 is 9.53 Å².